The van der Waals surface area contributed by atoms with E-state index in [1.165, 1.54) is 16.7 Å². The smallest absolute Gasteiger partial charge is 0.0305 e. The molecule has 0 saturated heterocycles. The van der Waals surface area contributed by atoms with Gasteiger partial charge >= 0.3 is 0 Å². The Morgan fingerprint density at radius 1 is 1.25 bits per heavy atom. The number of hydrogen-bond acceptors (Lipinski definition) is 1. The van der Waals surface area contributed by atoms with Gasteiger partial charge in [0, 0.05) is 12.4 Å². The molecule has 1 rings (SSSR count). The van der Waals surface area contributed by atoms with Crippen molar-refractivity contribution in [2.75, 3.05) is 0 Å². The van der Waals surface area contributed by atoms with Crippen molar-refractivity contribution in [2.24, 2.45) is 0 Å². The van der Waals surface area contributed by atoms with Gasteiger partial charge in [-0.15, -0.1) is 0 Å². The molecular weight excluding hydrogens is 146 g/mol. The molecule has 0 amide bonds. The van der Waals surface area contributed by atoms with Gasteiger partial charge in [-0.25, -0.2) is 0 Å². The topological polar surface area (TPSA) is 12.9 Å². The largest absolute Gasteiger partial charge is 0.264 e. The van der Waals surface area contributed by atoms with Crippen LogP contribution in [-0.2, 0) is 12.8 Å². The van der Waals surface area contributed by atoms with Crippen molar-refractivity contribution in [1.82, 2.24) is 4.98 Å². The van der Waals surface area contributed by atoms with Crippen LogP contribution in [0.15, 0.2) is 19.0 Å². The van der Waals surface area contributed by atoms with Crippen molar-refractivity contribution in [3.63, 3.8) is 0 Å². The number of aryl methyl sites for hydroxylation is 2. The molecule has 0 bridgehead atoms. The Morgan fingerprint density at radius 3 is 2.08 bits per heavy atom. The average molecular weight is 161 g/mol. The molecule has 0 atom stereocenters. The standard InChI is InChI=1S/C11H15N/c1-4-9-7-12-8-10(5-2)11(9)6-3/h6-8H,3-5H2,1-2H3. The van der Waals surface area contributed by atoms with Gasteiger partial charge < -0.3 is 0 Å². The lowest BCUT2D eigenvalue weighted by molar-refractivity contribution is 1.03. The van der Waals surface area contributed by atoms with E-state index in [0.29, 0.717) is 0 Å². The molecule has 64 valence electrons. The minimum atomic E-state index is 1.03. The van der Waals surface area contributed by atoms with Crippen LogP contribution >= 0.6 is 0 Å². The summed E-state index contributed by atoms with van der Waals surface area (Å²) in [5.41, 5.74) is 3.86. The Labute approximate surface area is 74.2 Å². The minimum Gasteiger partial charge on any atom is -0.264 e. The lowest BCUT2D eigenvalue weighted by Gasteiger charge is -2.06. The van der Waals surface area contributed by atoms with Crippen LogP contribution in [0, 0.1) is 0 Å². The number of aromatic nitrogens is 1. The summed E-state index contributed by atoms with van der Waals surface area (Å²) in [6.45, 7) is 8.10. The molecule has 0 aliphatic heterocycles. The third kappa shape index (κ3) is 1.55. The molecule has 0 saturated carbocycles. The van der Waals surface area contributed by atoms with Crippen LogP contribution in [-0.4, -0.2) is 4.98 Å². The predicted molar refractivity (Wildman–Crippen MR) is 53.1 cm³/mol. The molecule has 1 heterocycles. The lowest BCUT2D eigenvalue weighted by atomic mass is 10.0. The first-order valence-electron chi connectivity index (χ1n) is 4.41. The van der Waals surface area contributed by atoms with Gasteiger partial charge in [0.15, 0.2) is 0 Å². The van der Waals surface area contributed by atoms with E-state index in [4.69, 9.17) is 0 Å². The van der Waals surface area contributed by atoms with Crippen LogP contribution in [0.2, 0.25) is 0 Å². The minimum absolute atomic E-state index is 1.03. The van der Waals surface area contributed by atoms with Crippen molar-refractivity contribution < 1.29 is 0 Å². The molecule has 0 spiro atoms. The fourth-order valence-electron chi connectivity index (χ4n) is 1.39. The quantitative estimate of drug-likeness (QED) is 0.664. The second kappa shape index (κ2) is 4.05. The number of hydrogen-bond donors (Lipinski definition) is 0. The first-order valence-corrected chi connectivity index (χ1v) is 4.41. The molecule has 0 radical (unpaired) electrons. The Bertz CT molecular complexity index is 254. The van der Waals surface area contributed by atoms with Crippen molar-refractivity contribution in [2.45, 2.75) is 26.7 Å². The van der Waals surface area contributed by atoms with Gasteiger partial charge in [0.25, 0.3) is 0 Å². The molecule has 1 nitrogen and oxygen atoms in total. The molecule has 0 N–H and O–H groups in total. The summed E-state index contributed by atoms with van der Waals surface area (Å²) in [6, 6.07) is 0. The van der Waals surface area contributed by atoms with Crippen molar-refractivity contribution in [3.05, 3.63) is 35.7 Å². The van der Waals surface area contributed by atoms with Crippen LogP contribution in [0.5, 0.6) is 0 Å². The summed E-state index contributed by atoms with van der Waals surface area (Å²) in [5, 5.41) is 0. The van der Waals surface area contributed by atoms with Gasteiger partial charge in [0.1, 0.15) is 0 Å². The third-order valence-electron chi connectivity index (χ3n) is 2.12. The zero-order valence-corrected chi connectivity index (χ0v) is 7.80. The summed E-state index contributed by atoms with van der Waals surface area (Å²) in [5.74, 6) is 0. The van der Waals surface area contributed by atoms with Crippen LogP contribution in [0.1, 0.15) is 30.5 Å². The van der Waals surface area contributed by atoms with Gasteiger partial charge in [0.05, 0.1) is 0 Å². The van der Waals surface area contributed by atoms with Crippen LogP contribution in [0.4, 0.5) is 0 Å². The third-order valence-corrected chi connectivity index (χ3v) is 2.12. The molecule has 0 aromatic carbocycles. The van der Waals surface area contributed by atoms with Crippen LogP contribution in [0.25, 0.3) is 6.08 Å². The summed E-state index contributed by atoms with van der Waals surface area (Å²) in [6.07, 6.45) is 7.84. The Morgan fingerprint density at radius 2 is 1.75 bits per heavy atom. The highest BCUT2D eigenvalue weighted by Gasteiger charge is 2.01. The SMILES string of the molecule is C=Cc1c(CC)cncc1CC. The zero-order chi connectivity index (χ0) is 8.97. The van der Waals surface area contributed by atoms with Gasteiger partial charge in [-0.3, -0.25) is 4.98 Å². The second-order valence-electron chi connectivity index (χ2n) is 2.78. The molecular formula is C11H15N. The summed E-state index contributed by atoms with van der Waals surface area (Å²) in [4.78, 5) is 4.19. The molecule has 0 unspecified atom stereocenters. The first kappa shape index (κ1) is 8.98. The number of rotatable bonds is 3. The van der Waals surface area contributed by atoms with Gasteiger partial charge in [-0.1, -0.05) is 26.5 Å². The fraction of sp³-hybridized carbons (Fsp3) is 0.364. The van der Waals surface area contributed by atoms with E-state index in [2.05, 4.69) is 25.4 Å². The summed E-state index contributed by atoms with van der Waals surface area (Å²) < 4.78 is 0. The van der Waals surface area contributed by atoms with Gasteiger partial charge in [-0.2, -0.15) is 0 Å². The van der Waals surface area contributed by atoms with Crippen LogP contribution < -0.4 is 0 Å². The fourth-order valence-corrected chi connectivity index (χ4v) is 1.39. The monoisotopic (exact) mass is 161 g/mol. The highest BCUT2D eigenvalue weighted by Crippen LogP contribution is 2.15. The van der Waals surface area contributed by atoms with E-state index in [9.17, 15) is 0 Å². The Hall–Kier alpha value is -1.11. The Balaban J connectivity index is 3.21. The van der Waals surface area contributed by atoms with E-state index in [-0.39, 0.29) is 0 Å². The molecule has 1 aromatic heterocycles. The molecule has 0 aliphatic carbocycles. The molecule has 0 aliphatic rings. The molecule has 12 heavy (non-hydrogen) atoms. The van der Waals surface area contributed by atoms with Crippen molar-refractivity contribution in [3.8, 4) is 0 Å². The predicted octanol–water partition coefficient (Wildman–Crippen LogP) is 2.85. The lowest BCUT2D eigenvalue weighted by Crippen LogP contribution is -1.94. The van der Waals surface area contributed by atoms with E-state index in [1.54, 1.807) is 0 Å². The first-order chi connectivity index (χ1) is 5.83. The van der Waals surface area contributed by atoms with E-state index in [0.717, 1.165) is 12.8 Å². The highest BCUT2D eigenvalue weighted by atomic mass is 14.6. The number of pyridine rings is 1. The second-order valence-corrected chi connectivity index (χ2v) is 2.78. The van der Waals surface area contributed by atoms with E-state index >= 15 is 0 Å². The zero-order valence-electron chi connectivity index (χ0n) is 7.80. The van der Waals surface area contributed by atoms with Gasteiger partial charge in [-0.05, 0) is 29.5 Å². The highest BCUT2D eigenvalue weighted by molar-refractivity contribution is 5.55. The Kier molecular flexibility index (Phi) is 3.03. The van der Waals surface area contributed by atoms with Crippen LogP contribution in [0.3, 0.4) is 0 Å². The van der Waals surface area contributed by atoms with Crippen molar-refractivity contribution in [1.29, 1.82) is 0 Å². The average Bonchev–Trinajstić information content (AvgIpc) is 2.16. The number of nitrogens with zero attached hydrogens (tertiary/aromatic N) is 1. The van der Waals surface area contributed by atoms with Crippen molar-refractivity contribution >= 4 is 6.08 Å². The summed E-state index contributed by atoms with van der Waals surface area (Å²) >= 11 is 0. The maximum absolute atomic E-state index is 4.19. The van der Waals surface area contributed by atoms with E-state index < -0.39 is 0 Å². The maximum Gasteiger partial charge on any atom is 0.0305 e. The maximum atomic E-state index is 4.19. The summed E-state index contributed by atoms with van der Waals surface area (Å²) in [7, 11) is 0. The molecule has 1 heteroatoms. The van der Waals surface area contributed by atoms with Gasteiger partial charge in [0.2, 0.25) is 0 Å². The molecule has 1 aromatic rings. The van der Waals surface area contributed by atoms with E-state index in [1.807, 2.05) is 18.5 Å². The molecule has 0 fully saturated rings. The normalized spacial score (nSPS) is 9.83.